The maximum absolute atomic E-state index is 13.0. The number of carboxylic acids is 1. The highest BCUT2D eigenvalue weighted by atomic mass is 32.2. The second kappa shape index (κ2) is 8.71. The summed E-state index contributed by atoms with van der Waals surface area (Å²) in [6, 6.07) is 4.37. The van der Waals surface area contributed by atoms with Gasteiger partial charge in [0, 0.05) is 6.54 Å². The predicted molar refractivity (Wildman–Crippen MR) is 96.7 cm³/mol. The highest BCUT2D eigenvalue weighted by Gasteiger charge is 2.44. The van der Waals surface area contributed by atoms with Gasteiger partial charge in [-0.3, -0.25) is 4.79 Å². The summed E-state index contributed by atoms with van der Waals surface area (Å²) in [6.07, 6.45) is -1.93. The molecule has 0 radical (unpaired) electrons. The van der Waals surface area contributed by atoms with Crippen molar-refractivity contribution in [3.63, 3.8) is 0 Å². The van der Waals surface area contributed by atoms with E-state index in [4.69, 9.17) is 14.6 Å². The van der Waals surface area contributed by atoms with Gasteiger partial charge in [-0.1, -0.05) is 11.8 Å². The first-order chi connectivity index (χ1) is 12.6. The zero-order chi connectivity index (χ0) is 20.2. The van der Waals surface area contributed by atoms with Crippen molar-refractivity contribution in [3.05, 3.63) is 24.3 Å². The number of morpholine rings is 1. The molecule has 0 aliphatic carbocycles. The Kier molecular flexibility index (Phi) is 6.84. The van der Waals surface area contributed by atoms with Crippen LogP contribution in [0, 0.1) is 11.8 Å². The maximum atomic E-state index is 13.0. The number of benzene rings is 1. The van der Waals surface area contributed by atoms with Gasteiger partial charge < -0.3 is 19.7 Å². The number of aliphatic hydroxyl groups is 1. The Morgan fingerprint density at radius 2 is 2.00 bits per heavy atom. The van der Waals surface area contributed by atoms with E-state index in [1.807, 2.05) is 0 Å². The second-order valence-corrected chi connectivity index (χ2v) is 8.16. The molecule has 2 N–H and O–H groups in total. The number of hydrogen-bond acceptors (Lipinski definition) is 6. The summed E-state index contributed by atoms with van der Waals surface area (Å²) in [5.41, 5.74) is 0. The maximum Gasteiger partial charge on any atom is 0.324 e. The van der Waals surface area contributed by atoms with Gasteiger partial charge in [-0.15, -0.1) is 0 Å². The number of hydrogen-bond donors (Lipinski definition) is 2. The van der Waals surface area contributed by atoms with Gasteiger partial charge in [0.2, 0.25) is 10.0 Å². The number of carbonyl (C=O) groups is 1. The van der Waals surface area contributed by atoms with Crippen molar-refractivity contribution in [2.45, 2.75) is 50.0 Å². The minimum atomic E-state index is -4.02. The van der Waals surface area contributed by atoms with E-state index >= 15 is 0 Å². The number of carboxylic acid groups (broad SMARTS) is 1. The van der Waals surface area contributed by atoms with E-state index in [0.29, 0.717) is 5.75 Å². The molecule has 1 heterocycles. The normalized spacial score (nSPS) is 24.5. The molecule has 4 atom stereocenters. The first kappa shape index (κ1) is 21.2. The lowest BCUT2D eigenvalue weighted by atomic mass is 10.1. The van der Waals surface area contributed by atoms with Crippen molar-refractivity contribution < 1.29 is 32.9 Å². The summed E-state index contributed by atoms with van der Waals surface area (Å²) in [4.78, 5) is 11.5. The van der Waals surface area contributed by atoms with E-state index in [2.05, 4.69) is 11.8 Å². The van der Waals surface area contributed by atoms with Crippen molar-refractivity contribution in [2.24, 2.45) is 0 Å². The number of aliphatic hydroxyl groups excluding tert-OH is 1. The fraction of sp³-hybridized carbons (Fsp3) is 0.500. The predicted octanol–water partition coefficient (Wildman–Crippen LogP) is 0.701. The summed E-state index contributed by atoms with van der Waals surface area (Å²) >= 11 is 0. The number of nitrogens with zero attached hydrogens (tertiary/aromatic N) is 1. The van der Waals surface area contributed by atoms with Crippen molar-refractivity contribution in [1.29, 1.82) is 0 Å². The third-order valence-electron chi connectivity index (χ3n) is 3.94. The smallest absolute Gasteiger partial charge is 0.324 e. The van der Waals surface area contributed by atoms with E-state index in [1.165, 1.54) is 31.2 Å². The molecule has 9 heteroatoms. The molecule has 4 unspecified atom stereocenters. The fourth-order valence-corrected chi connectivity index (χ4v) is 4.53. The minimum Gasteiger partial charge on any atom is -0.481 e. The molecule has 0 spiro atoms. The van der Waals surface area contributed by atoms with Gasteiger partial charge in [-0.25, -0.2) is 8.42 Å². The highest BCUT2D eigenvalue weighted by Crippen LogP contribution is 2.27. The average molecular weight is 397 g/mol. The standard InChI is InChI=1S/C18H23NO7S/c1-12(20)5-4-10-25-15-6-8-16(9-7-15)27(23,24)19-11-13(2)26-14(3)17(19)18(21)22/h6-9,12-14,17,20H,10-11H2,1-3H3,(H,21,22). The Bertz CT molecular complexity index is 824. The van der Waals surface area contributed by atoms with Crippen LogP contribution >= 0.6 is 0 Å². The second-order valence-electron chi connectivity index (χ2n) is 6.27. The zero-order valence-corrected chi connectivity index (χ0v) is 16.1. The molecule has 0 saturated carbocycles. The minimum absolute atomic E-state index is 0.0301. The molecule has 1 aliphatic heterocycles. The Balaban J connectivity index is 2.20. The lowest BCUT2D eigenvalue weighted by molar-refractivity contribution is -0.155. The van der Waals surface area contributed by atoms with Crippen LogP contribution < -0.4 is 4.74 Å². The van der Waals surface area contributed by atoms with Crippen LogP contribution in [-0.2, 0) is 19.6 Å². The van der Waals surface area contributed by atoms with E-state index in [9.17, 15) is 18.3 Å². The van der Waals surface area contributed by atoms with Crippen LogP contribution in [0.2, 0.25) is 0 Å². The van der Waals surface area contributed by atoms with Crippen molar-refractivity contribution in [3.8, 4) is 17.6 Å². The molecular weight excluding hydrogens is 374 g/mol. The van der Waals surface area contributed by atoms with E-state index in [0.717, 1.165) is 4.31 Å². The van der Waals surface area contributed by atoms with Gasteiger partial charge in [0.15, 0.2) is 0 Å². The lowest BCUT2D eigenvalue weighted by Gasteiger charge is -2.39. The number of sulfonamides is 1. The molecule has 2 rings (SSSR count). The van der Waals surface area contributed by atoms with Crippen molar-refractivity contribution in [1.82, 2.24) is 4.31 Å². The summed E-state index contributed by atoms with van der Waals surface area (Å²) in [6.45, 7) is 4.78. The van der Waals surface area contributed by atoms with Crippen LogP contribution in [-0.4, -0.2) is 66.4 Å². The van der Waals surface area contributed by atoms with Crippen LogP contribution in [0.15, 0.2) is 29.2 Å². The van der Waals surface area contributed by atoms with Crippen LogP contribution in [0.1, 0.15) is 20.8 Å². The molecule has 27 heavy (non-hydrogen) atoms. The lowest BCUT2D eigenvalue weighted by Crippen LogP contribution is -2.58. The third-order valence-corrected chi connectivity index (χ3v) is 5.81. The Hall–Kier alpha value is -2.12. The third kappa shape index (κ3) is 5.20. The summed E-state index contributed by atoms with van der Waals surface area (Å²) in [5, 5.41) is 18.5. The molecule has 1 saturated heterocycles. The Morgan fingerprint density at radius 1 is 1.37 bits per heavy atom. The summed E-state index contributed by atoms with van der Waals surface area (Å²) in [7, 11) is -4.02. The van der Waals surface area contributed by atoms with Crippen LogP contribution in [0.5, 0.6) is 5.75 Å². The largest absolute Gasteiger partial charge is 0.481 e. The fourth-order valence-electron chi connectivity index (χ4n) is 2.81. The average Bonchev–Trinajstić information content (AvgIpc) is 2.58. The molecular formula is C18H23NO7S. The number of ether oxygens (including phenoxy) is 2. The Labute approximate surface area is 158 Å². The summed E-state index contributed by atoms with van der Waals surface area (Å²) in [5.74, 6) is 4.31. The van der Waals surface area contributed by atoms with Crippen molar-refractivity contribution >= 4 is 16.0 Å². The first-order valence-corrected chi connectivity index (χ1v) is 9.86. The van der Waals surface area contributed by atoms with Crippen LogP contribution in [0.3, 0.4) is 0 Å². The quantitative estimate of drug-likeness (QED) is 0.703. The van der Waals surface area contributed by atoms with E-state index in [-0.39, 0.29) is 18.0 Å². The molecule has 8 nitrogen and oxygen atoms in total. The van der Waals surface area contributed by atoms with Gasteiger partial charge in [-0.05, 0) is 45.0 Å². The van der Waals surface area contributed by atoms with Gasteiger partial charge in [0.1, 0.15) is 24.5 Å². The van der Waals surface area contributed by atoms with Crippen LogP contribution in [0.4, 0.5) is 0 Å². The number of rotatable bonds is 5. The molecule has 0 aromatic heterocycles. The van der Waals surface area contributed by atoms with Gasteiger partial charge in [0.05, 0.1) is 17.1 Å². The molecule has 1 aromatic rings. The van der Waals surface area contributed by atoms with Gasteiger partial charge in [-0.2, -0.15) is 4.31 Å². The first-order valence-electron chi connectivity index (χ1n) is 8.42. The Morgan fingerprint density at radius 3 is 2.56 bits per heavy atom. The molecule has 0 bridgehead atoms. The molecule has 1 aliphatic rings. The summed E-state index contributed by atoms with van der Waals surface area (Å²) < 4.78 is 37.7. The number of aliphatic carboxylic acids is 1. The molecule has 1 aromatic carbocycles. The zero-order valence-electron chi connectivity index (χ0n) is 15.3. The van der Waals surface area contributed by atoms with E-state index in [1.54, 1.807) is 13.8 Å². The van der Waals surface area contributed by atoms with Crippen LogP contribution in [0.25, 0.3) is 0 Å². The SMILES string of the molecule is CC(O)C#CCOc1ccc(S(=O)(=O)N2CC(C)OC(C)C2C(=O)O)cc1. The van der Waals surface area contributed by atoms with Gasteiger partial charge >= 0.3 is 5.97 Å². The molecule has 1 fully saturated rings. The van der Waals surface area contributed by atoms with Crippen molar-refractivity contribution in [2.75, 3.05) is 13.2 Å². The van der Waals surface area contributed by atoms with Gasteiger partial charge in [0.25, 0.3) is 0 Å². The topological polar surface area (TPSA) is 113 Å². The van der Waals surface area contributed by atoms with E-state index < -0.39 is 40.3 Å². The monoisotopic (exact) mass is 397 g/mol. The highest BCUT2D eigenvalue weighted by molar-refractivity contribution is 7.89. The molecule has 148 valence electrons. The molecule has 0 amide bonds.